The third-order valence-corrected chi connectivity index (χ3v) is 3.43. The number of aliphatic carboxylic acids is 1. The molecular weight excluding hydrogens is 311 g/mol. The Labute approximate surface area is 138 Å². The van der Waals surface area contributed by atoms with Gasteiger partial charge < -0.3 is 10.4 Å². The molecule has 1 amide bonds. The normalized spacial score (nSPS) is 11.3. The monoisotopic (exact) mass is 326 g/mol. The summed E-state index contributed by atoms with van der Waals surface area (Å²) < 4.78 is 13.0. The quantitative estimate of drug-likeness (QED) is 0.854. The molecule has 0 saturated carbocycles. The molecule has 0 aliphatic carbocycles. The molecule has 0 unspecified atom stereocenters. The number of carboxylic acids is 1. The fraction of sp³-hybridized carbons (Fsp3) is 0.167. The van der Waals surface area contributed by atoms with E-state index in [1.54, 1.807) is 24.3 Å². The van der Waals surface area contributed by atoms with Crippen molar-refractivity contribution in [2.45, 2.75) is 18.9 Å². The number of hydrogen-bond acceptors (Lipinski definition) is 3. The summed E-state index contributed by atoms with van der Waals surface area (Å²) in [6.45, 7) is 0. The first-order chi connectivity index (χ1) is 11.5. The molecular formula is C18H15FN2O3. The number of amides is 1. The van der Waals surface area contributed by atoms with E-state index in [2.05, 4.69) is 5.32 Å². The number of nitriles is 1. The largest absolute Gasteiger partial charge is 0.481 e. The van der Waals surface area contributed by atoms with Crippen LogP contribution in [0.4, 0.5) is 4.39 Å². The zero-order chi connectivity index (χ0) is 17.5. The van der Waals surface area contributed by atoms with E-state index in [-0.39, 0.29) is 12.8 Å². The number of nitrogens with one attached hydrogen (secondary N) is 1. The number of carbonyl (C=O) groups excluding carboxylic acids is 1. The minimum atomic E-state index is -1.08. The van der Waals surface area contributed by atoms with Crippen molar-refractivity contribution >= 4 is 11.9 Å². The highest BCUT2D eigenvalue weighted by atomic mass is 19.1. The minimum absolute atomic E-state index is 0.178. The van der Waals surface area contributed by atoms with Crippen LogP contribution in [-0.2, 0) is 11.2 Å². The van der Waals surface area contributed by atoms with E-state index in [0.29, 0.717) is 16.7 Å². The Hall–Kier alpha value is -3.20. The molecule has 2 rings (SSSR count). The van der Waals surface area contributed by atoms with Gasteiger partial charge >= 0.3 is 5.97 Å². The van der Waals surface area contributed by atoms with Gasteiger partial charge in [-0.15, -0.1) is 0 Å². The van der Waals surface area contributed by atoms with Crippen LogP contribution in [0.15, 0.2) is 48.5 Å². The highest BCUT2D eigenvalue weighted by molar-refractivity contribution is 5.94. The van der Waals surface area contributed by atoms with Crippen LogP contribution < -0.4 is 5.32 Å². The SMILES string of the molecule is N#CCc1cccc(C(=O)N[C@H](CC(=O)O)c2ccc(F)cc2)c1. The molecule has 1 atom stereocenters. The number of carboxylic acid groups (broad SMARTS) is 1. The fourth-order valence-electron chi connectivity index (χ4n) is 2.28. The lowest BCUT2D eigenvalue weighted by atomic mass is 10.0. The molecule has 2 N–H and O–H groups in total. The Balaban J connectivity index is 2.21. The molecule has 0 aliphatic rings. The summed E-state index contributed by atoms with van der Waals surface area (Å²) in [6, 6.07) is 13.1. The molecule has 0 radical (unpaired) electrons. The summed E-state index contributed by atoms with van der Waals surface area (Å²) in [5, 5.41) is 20.4. The summed E-state index contributed by atoms with van der Waals surface area (Å²) in [5.41, 5.74) is 1.53. The predicted octanol–water partition coefficient (Wildman–Crippen LogP) is 2.84. The predicted molar refractivity (Wildman–Crippen MR) is 84.6 cm³/mol. The number of benzene rings is 2. The zero-order valence-corrected chi connectivity index (χ0v) is 12.7. The maximum absolute atomic E-state index is 13.0. The molecule has 122 valence electrons. The van der Waals surface area contributed by atoms with Crippen LogP contribution in [0.2, 0.25) is 0 Å². The Morgan fingerprint density at radius 3 is 2.54 bits per heavy atom. The van der Waals surface area contributed by atoms with Gasteiger partial charge in [0.05, 0.1) is 25.0 Å². The lowest BCUT2D eigenvalue weighted by Gasteiger charge is -2.17. The minimum Gasteiger partial charge on any atom is -0.481 e. The van der Waals surface area contributed by atoms with Gasteiger partial charge in [0.1, 0.15) is 5.82 Å². The lowest BCUT2D eigenvalue weighted by molar-refractivity contribution is -0.137. The van der Waals surface area contributed by atoms with Crippen LogP contribution >= 0.6 is 0 Å². The second-order valence-corrected chi connectivity index (χ2v) is 5.21. The van der Waals surface area contributed by atoms with Gasteiger partial charge in [-0.3, -0.25) is 9.59 Å². The van der Waals surface area contributed by atoms with Gasteiger partial charge in [-0.05, 0) is 35.4 Å². The Morgan fingerprint density at radius 2 is 1.92 bits per heavy atom. The van der Waals surface area contributed by atoms with E-state index >= 15 is 0 Å². The van der Waals surface area contributed by atoms with Gasteiger partial charge in [0.25, 0.3) is 5.91 Å². The van der Waals surface area contributed by atoms with Crippen LogP contribution in [0, 0.1) is 17.1 Å². The number of hydrogen-bond donors (Lipinski definition) is 2. The lowest BCUT2D eigenvalue weighted by Crippen LogP contribution is -2.30. The average molecular weight is 326 g/mol. The van der Waals surface area contributed by atoms with Crippen molar-refractivity contribution in [1.82, 2.24) is 5.32 Å². The molecule has 0 aromatic heterocycles. The first-order valence-corrected chi connectivity index (χ1v) is 7.23. The van der Waals surface area contributed by atoms with E-state index in [0.717, 1.165) is 0 Å². The maximum Gasteiger partial charge on any atom is 0.305 e. The zero-order valence-electron chi connectivity index (χ0n) is 12.7. The summed E-state index contributed by atoms with van der Waals surface area (Å²) >= 11 is 0. The molecule has 6 heteroatoms. The molecule has 0 bridgehead atoms. The molecule has 0 fully saturated rings. The molecule has 0 spiro atoms. The second-order valence-electron chi connectivity index (χ2n) is 5.21. The molecule has 5 nitrogen and oxygen atoms in total. The summed E-state index contributed by atoms with van der Waals surface area (Å²) in [6.07, 6.45) is -0.146. The van der Waals surface area contributed by atoms with Crippen molar-refractivity contribution in [3.8, 4) is 6.07 Å². The van der Waals surface area contributed by atoms with E-state index < -0.39 is 23.7 Å². The molecule has 24 heavy (non-hydrogen) atoms. The van der Waals surface area contributed by atoms with Gasteiger partial charge in [-0.1, -0.05) is 24.3 Å². The van der Waals surface area contributed by atoms with Crippen LogP contribution in [-0.4, -0.2) is 17.0 Å². The number of nitrogens with zero attached hydrogens (tertiary/aromatic N) is 1. The average Bonchev–Trinajstić information content (AvgIpc) is 2.55. The fourth-order valence-corrected chi connectivity index (χ4v) is 2.28. The molecule has 0 aliphatic heterocycles. The summed E-state index contributed by atoms with van der Waals surface area (Å²) in [4.78, 5) is 23.4. The van der Waals surface area contributed by atoms with E-state index in [4.69, 9.17) is 10.4 Å². The van der Waals surface area contributed by atoms with Gasteiger partial charge in [0, 0.05) is 5.56 Å². The molecule has 0 heterocycles. The Bertz CT molecular complexity index is 782. The van der Waals surface area contributed by atoms with E-state index in [1.807, 2.05) is 6.07 Å². The van der Waals surface area contributed by atoms with Crippen LogP contribution in [0.5, 0.6) is 0 Å². The molecule has 2 aromatic carbocycles. The van der Waals surface area contributed by atoms with Gasteiger partial charge in [0.15, 0.2) is 0 Å². The standard InChI is InChI=1S/C18H15FN2O3/c19-15-6-4-13(5-7-15)16(11-17(22)23)21-18(24)14-3-1-2-12(10-14)8-9-20/h1-7,10,16H,8,11H2,(H,21,24)(H,22,23)/t16-/m1/s1. The number of rotatable bonds is 6. The third-order valence-electron chi connectivity index (χ3n) is 3.43. The van der Waals surface area contributed by atoms with E-state index in [9.17, 15) is 14.0 Å². The van der Waals surface area contributed by atoms with Crippen molar-refractivity contribution in [3.05, 3.63) is 71.0 Å². The highest BCUT2D eigenvalue weighted by Crippen LogP contribution is 2.18. The van der Waals surface area contributed by atoms with Crippen molar-refractivity contribution in [2.24, 2.45) is 0 Å². The number of carbonyl (C=O) groups is 2. The number of halogens is 1. The highest BCUT2D eigenvalue weighted by Gasteiger charge is 2.19. The topological polar surface area (TPSA) is 90.2 Å². The van der Waals surface area contributed by atoms with Crippen molar-refractivity contribution < 1.29 is 19.1 Å². The summed E-state index contributed by atoms with van der Waals surface area (Å²) in [5.74, 6) is -1.98. The van der Waals surface area contributed by atoms with Crippen LogP contribution in [0.1, 0.15) is 33.9 Å². The smallest absolute Gasteiger partial charge is 0.305 e. The van der Waals surface area contributed by atoms with Gasteiger partial charge in [0.2, 0.25) is 0 Å². The van der Waals surface area contributed by atoms with Crippen molar-refractivity contribution in [3.63, 3.8) is 0 Å². The van der Waals surface area contributed by atoms with Crippen LogP contribution in [0.3, 0.4) is 0 Å². The summed E-state index contributed by atoms with van der Waals surface area (Å²) in [7, 11) is 0. The third kappa shape index (κ3) is 4.65. The maximum atomic E-state index is 13.0. The Morgan fingerprint density at radius 1 is 1.21 bits per heavy atom. The molecule has 0 saturated heterocycles. The van der Waals surface area contributed by atoms with Crippen LogP contribution in [0.25, 0.3) is 0 Å². The van der Waals surface area contributed by atoms with Crippen molar-refractivity contribution in [2.75, 3.05) is 0 Å². The Kier molecular flexibility index (Phi) is 5.63. The van der Waals surface area contributed by atoms with Crippen molar-refractivity contribution in [1.29, 1.82) is 5.26 Å². The first kappa shape index (κ1) is 17.2. The second kappa shape index (κ2) is 7.88. The van der Waals surface area contributed by atoms with Gasteiger partial charge in [-0.25, -0.2) is 4.39 Å². The first-order valence-electron chi connectivity index (χ1n) is 7.23. The van der Waals surface area contributed by atoms with Gasteiger partial charge in [-0.2, -0.15) is 5.26 Å². The molecule has 2 aromatic rings. The van der Waals surface area contributed by atoms with E-state index in [1.165, 1.54) is 24.3 Å².